The summed E-state index contributed by atoms with van der Waals surface area (Å²) < 4.78 is 10.9. The number of ether oxygens (including phenoxy) is 2. The minimum atomic E-state index is 0.0995. The first-order valence-corrected chi connectivity index (χ1v) is 10.3. The van der Waals surface area contributed by atoms with Crippen LogP contribution in [0.3, 0.4) is 0 Å². The Morgan fingerprint density at radius 1 is 0.862 bits per heavy atom. The monoisotopic (exact) mass is 392 g/mol. The maximum atomic E-state index is 5.47. The van der Waals surface area contributed by atoms with Crippen molar-refractivity contribution in [2.45, 2.75) is 0 Å². The van der Waals surface area contributed by atoms with Crippen LogP contribution in [-0.4, -0.2) is 58.4 Å². The fraction of sp³-hybridized carbons (Fsp3) is 0.364. The summed E-state index contributed by atoms with van der Waals surface area (Å²) in [5, 5.41) is 9.39. The van der Waals surface area contributed by atoms with Crippen LogP contribution in [0.4, 0.5) is 0 Å². The normalized spacial score (nSPS) is 32.3. The second kappa shape index (κ2) is 6.66. The van der Waals surface area contributed by atoms with Crippen LogP contribution < -0.4 is 24.2 Å². The quantitative estimate of drug-likeness (QED) is 0.408. The molecule has 0 radical (unpaired) electrons. The zero-order chi connectivity index (χ0) is 19.3. The molecule has 148 valence electrons. The summed E-state index contributed by atoms with van der Waals surface area (Å²) in [6, 6.07) is 16.5. The van der Waals surface area contributed by atoms with E-state index in [4.69, 9.17) is 14.6 Å². The van der Waals surface area contributed by atoms with Gasteiger partial charge in [0.1, 0.15) is 19.6 Å². The molecule has 0 saturated carbocycles. The number of nitrogens with one attached hydrogen (secondary N) is 3. The molecule has 0 aliphatic carbocycles. The van der Waals surface area contributed by atoms with E-state index >= 15 is 0 Å². The Morgan fingerprint density at radius 2 is 1.55 bits per heavy atom. The highest BCUT2D eigenvalue weighted by molar-refractivity contribution is 6.05. The fourth-order valence-corrected chi connectivity index (χ4v) is 5.71. The Bertz CT molecular complexity index is 953. The van der Waals surface area contributed by atoms with E-state index in [0.717, 1.165) is 42.4 Å². The van der Waals surface area contributed by atoms with Gasteiger partial charge in [-0.25, -0.2) is 14.7 Å². The van der Waals surface area contributed by atoms with E-state index in [9.17, 15) is 0 Å². The van der Waals surface area contributed by atoms with Gasteiger partial charge in [0.25, 0.3) is 0 Å². The average Bonchev–Trinajstić information content (AvgIpc) is 3.18. The summed E-state index contributed by atoms with van der Waals surface area (Å²) in [4.78, 5) is 5.09. The van der Waals surface area contributed by atoms with Crippen molar-refractivity contribution in [2.24, 2.45) is 15.6 Å². The van der Waals surface area contributed by atoms with Crippen LogP contribution in [0.1, 0.15) is 11.1 Å². The van der Waals surface area contributed by atoms with E-state index in [-0.39, 0.29) is 12.2 Å². The van der Waals surface area contributed by atoms with Gasteiger partial charge >= 0.3 is 0 Å². The molecule has 5 aliphatic rings. The number of nitrogens with zero attached hydrogens (tertiary/aromatic N) is 2. The molecular weight excluding hydrogens is 366 g/mol. The summed E-state index contributed by atoms with van der Waals surface area (Å²) in [5.41, 5.74) is 3.40. The van der Waals surface area contributed by atoms with Gasteiger partial charge in [0, 0.05) is 0 Å². The van der Waals surface area contributed by atoms with Gasteiger partial charge in [0.05, 0.1) is 11.9 Å². The molecule has 7 heteroatoms. The van der Waals surface area contributed by atoms with Crippen LogP contribution in [0.25, 0.3) is 0 Å². The maximum absolute atomic E-state index is 5.47. The van der Waals surface area contributed by atoms with E-state index in [2.05, 4.69) is 35.4 Å². The average molecular weight is 392 g/mol. The van der Waals surface area contributed by atoms with Crippen LogP contribution in [-0.2, 0) is 0 Å². The number of hydrogen-bond donors (Lipinski definition) is 3. The molecule has 3 N–H and O–H groups in total. The summed E-state index contributed by atoms with van der Waals surface area (Å²) in [7, 11) is 0. The summed E-state index contributed by atoms with van der Waals surface area (Å²) >= 11 is 0. The smallest absolute Gasteiger partial charge is 0.231 e. The Labute approximate surface area is 169 Å². The highest BCUT2D eigenvalue weighted by Gasteiger charge is 2.60. The van der Waals surface area contributed by atoms with Crippen LogP contribution >= 0.6 is 0 Å². The van der Waals surface area contributed by atoms with Gasteiger partial charge in [0.15, 0.2) is 16.9 Å². The molecule has 4 fully saturated rings. The van der Waals surface area contributed by atoms with E-state index in [0.29, 0.717) is 0 Å². The lowest BCUT2D eigenvalue weighted by Gasteiger charge is -2.52. The molecule has 0 atom stereocenters. The van der Waals surface area contributed by atoms with Gasteiger partial charge in [-0.2, -0.15) is 10.2 Å². The van der Waals surface area contributed by atoms with E-state index in [1.807, 2.05) is 24.4 Å². The van der Waals surface area contributed by atoms with Crippen molar-refractivity contribution in [1.82, 2.24) is 0 Å². The van der Waals surface area contributed by atoms with Crippen molar-refractivity contribution in [3.8, 4) is 11.5 Å². The molecule has 29 heavy (non-hydrogen) atoms. The fourth-order valence-electron chi connectivity index (χ4n) is 5.71. The van der Waals surface area contributed by atoms with Crippen LogP contribution in [0.15, 0.2) is 58.7 Å². The Kier molecular flexibility index (Phi) is 3.94. The first-order chi connectivity index (χ1) is 14.3. The molecule has 0 unspecified atom stereocenters. The molecule has 0 amide bonds. The van der Waals surface area contributed by atoms with Crippen molar-refractivity contribution in [1.29, 1.82) is 0 Å². The van der Waals surface area contributed by atoms with Crippen LogP contribution in [0.5, 0.6) is 11.5 Å². The Morgan fingerprint density at radius 3 is 2.28 bits per heavy atom. The lowest BCUT2D eigenvalue weighted by molar-refractivity contribution is -1.30. The van der Waals surface area contributed by atoms with Crippen LogP contribution in [0.2, 0.25) is 0 Å². The van der Waals surface area contributed by atoms with E-state index in [1.54, 1.807) is 14.7 Å². The largest absolute Gasteiger partial charge is 0.454 e. The zero-order valence-corrected chi connectivity index (χ0v) is 16.4. The summed E-state index contributed by atoms with van der Waals surface area (Å²) in [6.45, 7) is 7.49. The Hall–Kier alpha value is -2.74. The molecule has 4 bridgehead atoms. The van der Waals surface area contributed by atoms with E-state index in [1.165, 1.54) is 25.6 Å². The highest BCUT2D eigenvalue weighted by Crippen LogP contribution is 2.32. The predicted molar refractivity (Wildman–Crippen MR) is 108 cm³/mol. The van der Waals surface area contributed by atoms with Crippen molar-refractivity contribution in [3.05, 3.63) is 59.7 Å². The maximum Gasteiger partial charge on any atom is 0.231 e. The minimum absolute atomic E-state index is 0.0995. The first kappa shape index (κ1) is 17.1. The molecule has 0 aromatic heterocycles. The van der Waals surface area contributed by atoms with Gasteiger partial charge < -0.3 is 9.47 Å². The molecule has 2 aromatic rings. The molecular formula is C22H26N5O2+3. The third-order valence-electron chi connectivity index (χ3n) is 6.58. The molecule has 5 aliphatic heterocycles. The van der Waals surface area contributed by atoms with Gasteiger partial charge in [0.2, 0.25) is 26.8 Å². The number of benzene rings is 2. The van der Waals surface area contributed by atoms with Gasteiger partial charge in [-0.3, -0.25) is 0 Å². The Balaban J connectivity index is 1.36. The predicted octanol–water partition coefficient (Wildman–Crippen LogP) is -2.21. The second-order valence-corrected chi connectivity index (χ2v) is 8.76. The zero-order valence-electron chi connectivity index (χ0n) is 16.4. The van der Waals surface area contributed by atoms with Gasteiger partial charge in [-0.15, -0.1) is 0 Å². The molecule has 5 heterocycles. The molecule has 7 rings (SSSR count). The molecule has 4 saturated heterocycles. The number of hydrogen-bond acceptors (Lipinski definition) is 4. The van der Waals surface area contributed by atoms with Gasteiger partial charge in [-0.1, -0.05) is 30.3 Å². The third-order valence-corrected chi connectivity index (χ3v) is 6.58. The lowest BCUT2D eigenvalue weighted by Crippen LogP contribution is -3.56. The van der Waals surface area contributed by atoms with Crippen LogP contribution in [0, 0.1) is 5.41 Å². The number of fused-ring (bicyclic) bond motifs is 1. The van der Waals surface area contributed by atoms with Crippen molar-refractivity contribution in [3.63, 3.8) is 0 Å². The topological polar surface area (TPSA) is 56.5 Å². The molecule has 0 spiro atoms. The first-order valence-electron chi connectivity index (χ1n) is 10.3. The summed E-state index contributed by atoms with van der Waals surface area (Å²) in [5.74, 6) is 1.56. The second-order valence-electron chi connectivity index (χ2n) is 8.76. The van der Waals surface area contributed by atoms with Gasteiger partial charge in [-0.05, 0) is 29.3 Å². The van der Waals surface area contributed by atoms with Crippen molar-refractivity contribution < 1.29 is 24.2 Å². The SMILES string of the molecule is C(=N/N=C(/c1ccccc1)C12C[NH+]3C[NH+](C[NH+](C3)C1)C2)/c1ccc2c(c1)OCO2. The lowest BCUT2D eigenvalue weighted by atomic mass is 9.74. The number of rotatable bonds is 4. The standard InChI is InChI=1S/C22H23N5O2/c1-2-4-18(5-3-1)21(22-10-25-13-26(11-22)15-27(12-22)14-25)24-23-9-17-6-7-19-20(8-17)29-16-28-19/h1-9H,10-16H2/p+3/b23-9-,24-21-. The van der Waals surface area contributed by atoms with Crippen molar-refractivity contribution >= 4 is 11.9 Å². The molecule has 7 nitrogen and oxygen atoms in total. The van der Waals surface area contributed by atoms with Crippen molar-refractivity contribution in [2.75, 3.05) is 46.4 Å². The highest BCUT2D eigenvalue weighted by atomic mass is 16.7. The number of quaternary nitrogens is 3. The third kappa shape index (κ3) is 3.02. The molecule has 2 aromatic carbocycles. The van der Waals surface area contributed by atoms with E-state index < -0.39 is 0 Å². The summed E-state index contributed by atoms with van der Waals surface area (Å²) in [6.07, 6.45) is 1.82. The minimum Gasteiger partial charge on any atom is -0.454 e.